The van der Waals surface area contributed by atoms with E-state index in [0.717, 1.165) is 5.56 Å². The highest BCUT2D eigenvalue weighted by Gasteiger charge is 2.30. The second kappa shape index (κ2) is 14.2. The van der Waals surface area contributed by atoms with Crippen molar-refractivity contribution >= 4 is 29.2 Å². The van der Waals surface area contributed by atoms with Gasteiger partial charge in [0.15, 0.2) is 0 Å². The first-order valence-electron chi connectivity index (χ1n) is 13.0. The van der Waals surface area contributed by atoms with Crippen LogP contribution in [0.15, 0.2) is 78.9 Å². The Kier molecular flexibility index (Phi) is 10.7. The minimum atomic E-state index is -1.02. The lowest BCUT2D eigenvalue weighted by molar-refractivity contribution is -0.00891. The van der Waals surface area contributed by atoms with Gasteiger partial charge in [-0.1, -0.05) is 42.5 Å². The van der Waals surface area contributed by atoms with Crippen molar-refractivity contribution < 1.29 is 29.3 Å². The van der Waals surface area contributed by atoms with Crippen LogP contribution in [0.2, 0.25) is 0 Å². The van der Waals surface area contributed by atoms with Gasteiger partial charge in [0.05, 0.1) is 30.6 Å². The van der Waals surface area contributed by atoms with E-state index in [2.05, 4.69) is 10.6 Å². The number of aliphatic hydroxyl groups is 2. The van der Waals surface area contributed by atoms with E-state index in [9.17, 15) is 19.8 Å². The Hall–Kier alpha value is -4.28. The number of nitrogen functional groups attached to an aromatic ring is 1. The smallest absolute Gasteiger partial charge is 0.410 e. The van der Waals surface area contributed by atoms with Gasteiger partial charge in [0.2, 0.25) is 0 Å². The summed E-state index contributed by atoms with van der Waals surface area (Å²) in [6.07, 6.45) is -1.39. The Balaban J connectivity index is 1.65. The zero-order valence-corrected chi connectivity index (χ0v) is 23.0. The zero-order valence-electron chi connectivity index (χ0n) is 23.0. The molecule has 0 heterocycles. The maximum absolute atomic E-state index is 13.1. The summed E-state index contributed by atoms with van der Waals surface area (Å²) in [5.41, 5.74) is 7.42. The number of urea groups is 1. The third-order valence-corrected chi connectivity index (χ3v) is 5.76. The largest absolute Gasteiger partial charge is 0.491 e. The molecule has 0 saturated carbocycles. The van der Waals surface area contributed by atoms with E-state index >= 15 is 0 Å². The number of benzene rings is 3. The highest BCUT2D eigenvalue weighted by molar-refractivity contribution is 6.01. The number of hydrogen-bond donors (Lipinski definition) is 5. The van der Waals surface area contributed by atoms with Crippen molar-refractivity contribution in [2.75, 3.05) is 36.1 Å². The molecule has 0 aliphatic heterocycles. The van der Waals surface area contributed by atoms with Gasteiger partial charge >= 0.3 is 12.1 Å². The molecule has 0 fully saturated rings. The average Bonchev–Trinajstić information content (AvgIpc) is 2.91. The van der Waals surface area contributed by atoms with E-state index in [1.165, 1.54) is 4.90 Å². The normalized spacial score (nSPS) is 12.6. The third kappa shape index (κ3) is 9.79. The quantitative estimate of drug-likeness (QED) is 0.221. The number of para-hydroxylation sites is 3. The molecule has 2 atom stereocenters. The molecule has 1 unspecified atom stereocenters. The number of ether oxygens (including phenoxy) is 2. The first-order valence-corrected chi connectivity index (χ1v) is 13.0. The first kappa shape index (κ1) is 30.3. The van der Waals surface area contributed by atoms with E-state index in [-0.39, 0.29) is 26.2 Å². The number of carbonyl (C=O) groups excluding carboxylic acids is 2. The van der Waals surface area contributed by atoms with Crippen LogP contribution >= 0.6 is 0 Å². The average molecular weight is 551 g/mol. The van der Waals surface area contributed by atoms with Crippen molar-refractivity contribution in [2.24, 2.45) is 0 Å². The molecule has 3 amide bonds. The molecular weight excluding hydrogens is 512 g/mol. The summed E-state index contributed by atoms with van der Waals surface area (Å²) >= 11 is 0. The molecule has 0 aromatic heterocycles. The van der Waals surface area contributed by atoms with Crippen molar-refractivity contribution in [1.82, 2.24) is 4.90 Å². The van der Waals surface area contributed by atoms with Crippen molar-refractivity contribution in [1.29, 1.82) is 0 Å². The van der Waals surface area contributed by atoms with Crippen LogP contribution in [0.1, 0.15) is 26.3 Å². The Morgan fingerprint density at radius 2 is 1.60 bits per heavy atom. The second-order valence-corrected chi connectivity index (χ2v) is 10.3. The second-order valence-electron chi connectivity index (χ2n) is 10.3. The van der Waals surface area contributed by atoms with Crippen LogP contribution in [0, 0.1) is 0 Å². The number of nitrogens with two attached hydrogens (primary N) is 1. The molecule has 0 bridgehead atoms. The summed E-state index contributed by atoms with van der Waals surface area (Å²) in [6.45, 7) is 4.75. The predicted molar refractivity (Wildman–Crippen MR) is 155 cm³/mol. The summed E-state index contributed by atoms with van der Waals surface area (Å²) < 4.78 is 11.2. The van der Waals surface area contributed by atoms with Crippen molar-refractivity contribution in [3.05, 3.63) is 84.4 Å². The van der Waals surface area contributed by atoms with Crippen LogP contribution in [0.4, 0.5) is 26.7 Å². The lowest BCUT2D eigenvalue weighted by Gasteiger charge is -2.34. The van der Waals surface area contributed by atoms with Crippen LogP contribution in [-0.2, 0) is 11.2 Å². The monoisotopic (exact) mass is 550 g/mol. The summed E-state index contributed by atoms with van der Waals surface area (Å²) in [6, 6.07) is 21.9. The molecule has 40 heavy (non-hydrogen) atoms. The molecule has 3 aromatic carbocycles. The molecule has 0 spiro atoms. The summed E-state index contributed by atoms with van der Waals surface area (Å²) in [7, 11) is 0. The van der Waals surface area contributed by atoms with Crippen molar-refractivity contribution in [2.45, 2.75) is 44.9 Å². The van der Waals surface area contributed by atoms with Gasteiger partial charge in [-0.2, -0.15) is 0 Å². The fourth-order valence-electron chi connectivity index (χ4n) is 3.85. The van der Waals surface area contributed by atoms with E-state index in [0.29, 0.717) is 22.8 Å². The number of anilines is 3. The third-order valence-electron chi connectivity index (χ3n) is 5.76. The molecule has 0 aliphatic rings. The lowest BCUT2D eigenvalue weighted by atomic mass is 10.0. The van der Waals surface area contributed by atoms with Crippen molar-refractivity contribution in [3.63, 3.8) is 0 Å². The molecule has 10 heteroatoms. The number of rotatable bonds is 11. The Morgan fingerprint density at radius 3 is 2.23 bits per heavy atom. The van der Waals surface area contributed by atoms with Crippen molar-refractivity contribution in [3.8, 4) is 5.75 Å². The number of nitrogens with one attached hydrogen (secondary N) is 2. The molecule has 10 nitrogen and oxygen atoms in total. The van der Waals surface area contributed by atoms with Crippen LogP contribution in [0.5, 0.6) is 5.75 Å². The van der Waals surface area contributed by atoms with Gasteiger partial charge in [-0.05, 0) is 69.2 Å². The van der Waals surface area contributed by atoms with Gasteiger partial charge in [0.25, 0.3) is 0 Å². The molecule has 0 saturated heterocycles. The topological polar surface area (TPSA) is 146 Å². The van der Waals surface area contributed by atoms with E-state index in [1.54, 1.807) is 81.4 Å². The van der Waals surface area contributed by atoms with Gasteiger partial charge in [-0.15, -0.1) is 0 Å². The highest BCUT2D eigenvalue weighted by atomic mass is 16.6. The number of amides is 3. The van der Waals surface area contributed by atoms with E-state index < -0.39 is 29.9 Å². The maximum Gasteiger partial charge on any atom is 0.410 e. The van der Waals surface area contributed by atoms with Gasteiger partial charge in [0, 0.05) is 5.69 Å². The minimum absolute atomic E-state index is 0.0431. The Morgan fingerprint density at radius 1 is 0.950 bits per heavy atom. The zero-order chi connectivity index (χ0) is 29.1. The Bertz CT molecular complexity index is 1230. The first-order chi connectivity index (χ1) is 19.0. The number of hydrogen-bond acceptors (Lipinski definition) is 7. The molecule has 214 valence electrons. The van der Waals surface area contributed by atoms with E-state index in [1.807, 2.05) is 18.2 Å². The predicted octanol–water partition coefficient (Wildman–Crippen LogP) is 4.49. The standard InChI is InChI=1S/C30H38N4O6/c1-30(2,3)40-29(38)34(18-24(36)20-39-25-9-5-4-6-10-25)23(19-35)17-21-13-15-22(16-14-21)32-28(37)33-27-12-8-7-11-26(27)31/h4-16,23-24,35-36H,17-20,31H2,1-3H3,(H2,32,33,37)/t23-,24?/m0/s1. The molecular formula is C30H38N4O6. The molecule has 6 N–H and O–H groups in total. The molecule has 0 radical (unpaired) electrons. The summed E-state index contributed by atoms with van der Waals surface area (Å²) in [5.74, 6) is 0.596. The van der Waals surface area contributed by atoms with Crippen LogP contribution in [0.3, 0.4) is 0 Å². The SMILES string of the molecule is CC(C)(C)OC(=O)N(CC(O)COc1ccccc1)[C@H](CO)Cc1ccc(NC(=O)Nc2ccccc2N)cc1. The summed E-state index contributed by atoms with van der Waals surface area (Å²) in [5, 5.41) is 26.3. The van der Waals surface area contributed by atoms with Crippen LogP contribution < -0.4 is 21.1 Å². The molecule has 0 aliphatic carbocycles. The fraction of sp³-hybridized carbons (Fsp3) is 0.333. The highest BCUT2D eigenvalue weighted by Crippen LogP contribution is 2.20. The Labute approximate surface area is 234 Å². The van der Waals surface area contributed by atoms with E-state index in [4.69, 9.17) is 15.2 Å². The van der Waals surface area contributed by atoms with Gasteiger partial charge < -0.3 is 36.1 Å². The lowest BCUT2D eigenvalue weighted by Crippen LogP contribution is -2.50. The maximum atomic E-state index is 13.1. The van der Waals surface area contributed by atoms with Gasteiger partial charge in [0.1, 0.15) is 24.1 Å². The number of nitrogens with zero attached hydrogens (tertiary/aromatic N) is 1. The molecule has 3 aromatic rings. The van der Waals surface area contributed by atoms with Gasteiger partial charge in [-0.25, -0.2) is 9.59 Å². The summed E-state index contributed by atoms with van der Waals surface area (Å²) in [4.78, 5) is 26.8. The minimum Gasteiger partial charge on any atom is -0.491 e. The number of aliphatic hydroxyl groups excluding tert-OH is 2. The van der Waals surface area contributed by atoms with Gasteiger partial charge in [-0.3, -0.25) is 4.90 Å². The van der Waals surface area contributed by atoms with Crippen LogP contribution in [0.25, 0.3) is 0 Å². The van der Waals surface area contributed by atoms with Crippen LogP contribution in [-0.4, -0.2) is 64.7 Å². The number of carbonyl (C=O) groups is 2. The molecule has 3 rings (SSSR count). The fourth-order valence-corrected chi connectivity index (χ4v) is 3.85.